The van der Waals surface area contributed by atoms with E-state index in [9.17, 15) is 4.79 Å². The first kappa shape index (κ1) is 20.5. The molecule has 0 unspecified atom stereocenters. The highest BCUT2D eigenvalue weighted by molar-refractivity contribution is 7.18. The van der Waals surface area contributed by atoms with Crippen molar-refractivity contribution in [2.45, 2.75) is 52.0 Å². The highest BCUT2D eigenvalue weighted by Crippen LogP contribution is 2.22. The van der Waals surface area contributed by atoms with Crippen molar-refractivity contribution in [1.29, 1.82) is 0 Å². The molecule has 0 radical (unpaired) electrons. The van der Waals surface area contributed by atoms with Crippen molar-refractivity contribution in [3.63, 3.8) is 0 Å². The van der Waals surface area contributed by atoms with Crippen molar-refractivity contribution in [1.82, 2.24) is 0 Å². The summed E-state index contributed by atoms with van der Waals surface area (Å²) in [6, 6.07) is 15.9. The van der Waals surface area contributed by atoms with E-state index in [0.29, 0.717) is 16.5 Å². The van der Waals surface area contributed by atoms with Crippen LogP contribution in [0.2, 0.25) is 0 Å². The lowest BCUT2D eigenvalue weighted by molar-refractivity contribution is -0.669. The zero-order chi connectivity index (χ0) is 20.8. The number of hydrogen-bond acceptors (Lipinski definition) is 3. The van der Waals surface area contributed by atoms with Crippen LogP contribution in [0.5, 0.6) is 0 Å². The van der Waals surface area contributed by atoms with Gasteiger partial charge in [-0.1, -0.05) is 68.2 Å². The zero-order valence-corrected chi connectivity index (χ0v) is 18.3. The Hall–Kier alpha value is -2.72. The van der Waals surface area contributed by atoms with Crippen molar-refractivity contribution < 1.29 is 8.98 Å². The van der Waals surface area contributed by atoms with Gasteiger partial charge in [-0.3, -0.25) is 4.79 Å². The maximum absolute atomic E-state index is 12.8. The Balaban J connectivity index is 1.59. The SMILES string of the molecule is CCCCCCCC[n+]1c(/C=C/c2coc3ccccc3c2=O)sc2ccccc21. The minimum atomic E-state index is 0.0108. The van der Waals surface area contributed by atoms with Crippen LogP contribution in [0.25, 0.3) is 33.3 Å². The normalized spacial score (nSPS) is 11.8. The van der Waals surface area contributed by atoms with Crippen molar-refractivity contribution in [3.05, 3.63) is 75.6 Å². The van der Waals surface area contributed by atoms with Crippen molar-refractivity contribution in [3.8, 4) is 0 Å². The summed E-state index contributed by atoms with van der Waals surface area (Å²) >= 11 is 1.77. The van der Waals surface area contributed by atoms with E-state index >= 15 is 0 Å². The van der Waals surface area contributed by atoms with Gasteiger partial charge in [0.05, 0.1) is 10.9 Å². The predicted molar refractivity (Wildman–Crippen MR) is 127 cm³/mol. The lowest BCUT2D eigenvalue weighted by Crippen LogP contribution is -2.35. The third-order valence-corrected chi connectivity index (χ3v) is 6.61. The molecule has 4 aromatic rings. The standard InChI is InChI=1S/C26H28NO2S/c1-2-3-4-5-6-11-18-27-22-13-8-10-15-24(22)30-25(27)17-16-20-19-29-23-14-9-7-12-21(23)26(20)28/h7-10,12-17,19H,2-6,11,18H2,1H3/q+1/b17-16+. The molecule has 2 aromatic heterocycles. The summed E-state index contributed by atoms with van der Waals surface area (Å²) < 4.78 is 9.32. The summed E-state index contributed by atoms with van der Waals surface area (Å²) in [5.74, 6) is 0. The third-order valence-electron chi connectivity index (χ3n) is 5.48. The van der Waals surface area contributed by atoms with Crippen molar-refractivity contribution in [2.24, 2.45) is 0 Å². The van der Waals surface area contributed by atoms with Gasteiger partial charge in [-0.25, -0.2) is 0 Å². The minimum Gasteiger partial charge on any atom is -0.463 e. The number of thiazole rings is 1. The lowest BCUT2D eigenvalue weighted by Gasteiger charge is -2.00. The fourth-order valence-electron chi connectivity index (χ4n) is 3.83. The lowest BCUT2D eigenvalue weighted by atomic mass is 10.1. The number of fused-ring (bicyclic) bond motifs is 2. The second-order valence-corrected chi connectivity index (χ2v) is 8.74. The van der Waals surface area contributed by atoms with Crippen LogP contribution in [0.1, 0.15) is 56.0 Å². The molecule has 0 aliphatic heterocycles. The summed E-state index contributed by atoms with van der Waals surface area (Å²) in [5.41, 5.74) is 2.48. The maximum atomic E-state index is 12.8. The topological polar surface area (TPSA) is 34.1 Å². The number of nitrogens with zero attached hydrogens (tertiary/aromatic N) is 1. The largest absolute Gasteiger partial charge is 0.463 e. The molecule has 154 valence electrons. The first-order valence-corrected chi connectivity index (χ1v) is 11.7. The molecule has 2 heterocycles. The van der Waals surface area contributed by atoms with Crippen LogP contribution in [-0.4, -0.2) is 0 Å². The number of rotatable bonds is 9. The zero-order valence-electron chi connectivity index (χ0n) is 17.5. The summed E-state index contributed by atoms with van der Waals surface area (Å²) in [6.45, 7) is 3.25. The van der Waals surface area contributed by atoms with Crippen LogP contribution in [0.4, 0.5) is 0 Å². The number of unbranched alkanes of at least 4 members (excludes halogenated alkanes) is 5. The molecule has 0 amide bonds. The van der Waals surface area contributed by atoms with Crippen LogP contribution in [0, 0.1) is 0 Å². The van der Waals surface area contributed by atoms with Crippen molar-refractivity contribution in [2.75, 3.05) is 0 Å². The summed E-state index contributed by atoms with van der Waals surface area (Å²) in [4.78, 5) is 12.8. The Morgan fingerprint density at radius 2 is 1.70 bits per heavy atom. The average molecular weight is 419 g/mol. The Labute approximate surface area is 181 Å². The molecular weight excluding hydrogens is 390 g/mol. The number of para-hydroxylation sites is 2. The van der Waals surface area contributed by atoms with Crippen LogP contribution < -0.4 is 10.00 Å². The molecule has 2 aromatic carbocycles. The molecule has 0 N–H and O–H groups in total. The van der Waals surface area contributed by atoms with Gasteiger partial charge in [-0.15, -0.1) is 0 Å². The number of aryl methyl sites for hydroxylation is 1. The number of benzene rings is 2. The van der Waals surface area contributed by atoms with Gasteiger partial charge in [0.25, 0.3) is 5.01 Å². The van der Waals surface area contributed by atoms with E-state index in [1.54, 1.807) is 17.6 Å². The maximum Gasteiger partial charge on any atom is 0.262 e. The molecule has 3 nitrogen and oxygen atoms in total. The molecule has 0 saturated carbocycles. The van der Waals surface area contributed by atoms with Gasteiger partial charge in [0.2, 0.25) is 5.52 Å². The van der Waals surface area contributed by atoms with Gasteiger partial charge in [-0.05, 0) is 30.7 Å². The Morgan fingerprint density at radius 1 is 0.933 bits per heavy atom. The van der Waals surface area contributed by atoms with E-state index in [0.717, 1.165) is 11.6 Å². The van der Waals surface area contributed by atoms with E-state index in [1.165, 1.54) is 48.7 Å². The third kappa shape index (κ3) is 4.54. The Morgan fingerprint density at radius 3 is 2.60 bits per heavy atom. The molecule has 0 spiro atoms. The van der Waals surface area contributed by atoms with Gasteiger partial charge in [0, 0.05) is 18.6 Å². The smallest absolute Gasteiger partial charge is 0.262 e. The predicted octanol–water partition coefficient (Wildman–Crippen LogP) is 6.83. The highest BCUT2D eigenvalue weighted by Gasteiger charge is 2.18. The molecule has 4 heteroatoms. The molecule has 0 fully saturated rings. The summed E-state index contributed by atoms with van der Waals surface area (Å²) in [7, 11) is 0. The van der Waals surface area contributed by atoms with E-state index in [-0.39, 0.29) is 5.43 Å². The average Bonchev–Trinajstić information content (AvgIpc) is 3.13. The Bertz CT molecular complexity index is 1220. The molecule has 0 bridgehead atoms. The number of hydrogen-bond donors (Lipinski definition) is 0. The Kier molecular flexibility index (Phi) is 6.75. The fourth-order valence-corrected chi connectivity index (χ4v) is 4.92. The van der Waals surface area contributed by atoms with Gasteiger partial charge in [0.15, 0.2) is 12.0 Å². The van der Waals surface area contributed by atoms with E-state index < -0.39 is 0 Å². The quantitative estimate of drug-likeness (QED) is 0.221. The molecule has 0 aliphatic carbocycles. The van der Waals surface area contributed by atoms with Gasteiger partial charge < -0.3 is 4.42 Å². The molecule has 0 aliphatic rings. The van der Waals surface area contributed by atoms with Gasteiger partial charge in [-0.2, -0.15) is 4.57 Å². The second kappa shape index (κ2) is 9.86. The first-order chi connectivity index (χ1) is 14.8. The second-order valence-electron chi connectivity index (χ2n) is 7.68. The van der Waals surface area contributed by atoms with E-state index in [4.69, 9.17) is 4.42 Å². The highest BCUT2D eigenvalue weighted by atomic mass is 32.1. The van der Waals surface area contributed by atoms with Crippen molar-refractivity contribution >= 4 is 44.7 Å². The molecular formula is C26H28NO2S+. The fraction of sp³-hybridized carbons (Fsp3) is 0.308. The molecule has 30 heavy (non-hydrogen) atoms. The number of aromatic nitrogens is 1. The van der Waals surface area contributed by atoms with Crippen LogP contribution in [0.15, 0.2) is 64.0 Å². The van der Waals surface area contributed by atoms with E-state index in [1.807, 2.05) is 30.3 Å². The van der Waals surface area contributed by atoms with E-state index in [2.05, 4.69) is 41.8 Å². The summed E-state index contributed by atoms with van der Waals surface area (Å²) in [5, 5.41) is 1.79. The van der Waals surface area contributed by atoms with Gasteiger partial charge in [0.1, 0.15) is 16.5 Å². The first-order valence-electron chi connectivity index (χ1n) is 10.9. The molecule has 0 saturated heterocycles. The molecule has 0 atom stereocenters. The summed E-state index contributed by atoms with van der Waals surface area (Å²) in [6.07, 6.45) is 13.2. The molecule has 4 rings (SSSR count). The van der Waals surface area contributed by atoms with Crippen LogP contribution in [0.3, 0.4) is 0 Å². The minimum absolute atomic E-state index is 0.0108. The van der Waals surface area contributed by atoms with Gasteiger partial charge >= 0.3 is 0 Å². The monoisotopic (exact) mass is 418 g/mol. The van der Waals surface area contributed by atoms with Crippen LogP contribution in [-0.2, 0) is 6.54 Å². The van der Waals surface area contributed by atoms with Crippen LogP contribution >= 0.6 is 11.3 Å².